The number of ether oxygens (including phenoxy) is 1. The molecule has 178 valence electrons. The Bertz CT molecular complexity index is 1250. The molecule has 0 aliphatic heterocycles. The fraction of sp³-hybridized carbons (Fsp3) is 0.219. The average Bonchev–Trinajstić information content (AvgIpc) is 2.90. The fourth-order valence-corrected chi connectivity index (χ4v) is 5.95. The summed E-state index contributed by atoms with van der Waals surface area (Å²) in [6, 6.07) is 36.4. The van der Waals surface area contributed by atoms with Crippen LogP contribution in [-0.4, -0.2) is 13.3 Å². The van der Waals surface area contributed by atoms with Gasteiger partial charge in [-0.05, 0) is 34.0 Å². The fourth-order valence-electron chi connectivity index (χ4n) is 4.38. The molecule has 0 heterocycles. The Labute approximate surface area is 211 Å². The van der Waals surface area contributed by atoms with E-state index in [1.807, 2.05) is 19.3 Å². The zero-order chi connectivity index (χ0) is 24.5. The molecule has 0 amide bonds. The standard InChI is InChI=1S/C32H34NOP/c1-4-32(2,35-30-21-12-11-18-28(30)23-33-3)29-20-13-19-27(22-25-14-7-5-8-15-25)31(29)34-24-26-16-9-6-10-17-26/h5-21,23,35H,4,22,24H2,1-3H3. The first-order valence-electron chi connectivity index (χ1n) is 12.3. The molecule has 0 aliphatic carbocycles. The van der Waals surface area contributed by atoms with Gasteiger partial charge in [0.25, 0.3) is 0 Å². The van der Waals surface area contributed by atoms with Gasteiger partial charge in [-0.2, -0.15) is 0 Å². The second-order valence-corrected chi connectivity index (χ2v) is 10.9. The summed E-state index contributed by atoms with van der Waals surface area (Å²) in [7, 11) is 2.43. The van der Waals surface area contributed by atoms with Crippen molar-refractivity contribution in [2.75, 3.05) is 7.05 Å². The number of nitrogens with zero attached hydrogens (tertiary/aromatic N) is 1. The van der Waals surface area contributed by atoms with E-state index in [-0.39, 0.29) is 5.16 Å². The van der Waals surface area contributed by atoms with Gasteiger partial charge in [-0.1, -0.05) is 126 Å². The lowest BCUT2D eigenvalue weighted by atomic mass is 9.92. The molecule has 2 nitrogen and oxygen atoms in total. The molecule has 0 spiro atoms. The van der Waals surface area contributed by atoms with Crippen molar-refractivity contribution in [3.8, 4) is 5.75 Å². The smallest absolute Gasteiger partial charge is 0.127 e. The van der Waals surface area contributed by atoms with E-state index < -0.39 is 0 Å². The van der Waals surface area contributed by atoms with E-state index in [1.54, 1.807) is 0 Å². The predicted octanol–water partition coefficient (Wildman–Crippen LogP) is 7.53. The summed E-state index contributed by atoms with van der Waals surface area (Å²) in [6.45, 7) is 5.22. The summed E-state index contributed by atoms with van der Waals surface area (Å²) in [5, 5.41) is 1.28. The van der Waals surface area contributed by atoms with Gasteiger partial charge in [-0.25, -0.2) is 0 Å². The van der Waals surface area contributed by atoms with Gasteiger partial charge in [0.2, 0.25) is 0 Å². The summed E-state index contributed by atoms with van der Waals surface area (Å²) < 4.78 is 6.67. The molecule has 35 heavy (non-hydrogen) atoms. The molecule has 2 atom stereocenters. The molecule has 0 saturated heterocycles. The number of benzene rings is 4. The number of para-hydroxylation sites is 1. The van der Waals surface area contributed by atoms with Crippen molar-refractivity contribution in [3.05, 3.63) is 131 Å². The summed E-state index contributed by atoms with van der Waals surface area (Å²) in [6.07, 6.45) is 3.83. The van der Waals surface area contributed by atoms with Gasteiger partial charge in [0.1, 0.15) is 12.4 Å². The highest BCUT2D eigenvalue weighted by Crippen LogP contribution is 2.48. The highest BCUT2D eigenvalue weighted by Gasteiger charge is 2.30. The Morgan fingerprint density at radius 3 is 2.14 bits per heavy atom. The van der Waals surface area contributed by atoms with Gasteiger partial charge in [-0.3, -0.25) is 4.99 Å². The maximum atomic E-state index is 6.67. The van der Waals surface area contributed by atoms with Crippen LogP contribution in [-0.2, 0) is 18.2 Å². The van der Waals surface area contributed by atoms with Crippen LogP contribution in [0.4, 0.5) is 0 Å². The van der Waals surface area contributed by atoms with Gasteiger partial charge >= 0.3 is 0 Å². The normalized spacial score (nSPS) is 13.3. The van der Waals surface area contributed by atoms with E-state index in [2.05, 4.69) is 116 Å². The molecule has 0 saturated carbocycles. The van der Waals surface area contributed by atoms with Gasteiger partial charge < -0.3 is 4.74 Å². The monoisotopic (exact) mass is 479 g/mol. The Morgan fingerprint density at radius 2 is 1.46 bits per heavy atom. The minimum absolute atomic E-state index is 0.0591. The van der Waals surface area contributed by atoms with Crippen molar-refractivity contribution in [1.29, 1.82) is 0 Å². The highest BCUT2D eigenvalue weighted by atomic mass is 31.1. The van der Waals surface area contributed by atoms with Gasteiger partial charge in [0.05, 0.1) is 0 Å². The molecule has 0 N–H and O–H groups in total. The molecule has 0 aliphatic rings. The molecule has 4 rings (SSSR count). The summed E-state index contributed by atoms with van der Waals surface area (Å²) in [4.78, 5) is 4.29. The Morgan fingerprint density at radius 1 is 0.800 bits per heavy atom. The van der Waals surface area contributed by atoms with E-state index in [0.29, 0.717) is 15.2 Å². The molecule has 3 heteroatoms. The van der Waals surface area contributed by atoms with E-state index in [4.69, 9.17) is 4.74 Å². The van der Waals surface area contributed by atoms with E-state index in [0.717, 1.165) is 18.6 Å². The van der Waals surface area contributed by atoms with Crippen LogP contribution in [0.15, 0.2) is 108 Å². The number of aliphatic imine (C=N–C) groups is 1. The van der Waals surface area contributed by atoms with Crippen molar-refractivity contribution in [2.24, 2.45) is 4.99 Å². The quantitative estimate of drug-likeness (QED) is 0.170. The first-order chi connectivity index (χ1) is 17.1. The minimum Gasteiger partial charge on any atom is -0.488 e. The van der Waals surface area contributed by atoms with Crippen molar-refractivity contribution < 1.29 is 4.74 Å². The second-order valence-electron chi connectivity index (χ2n) is 9.02. The molecule has 0 aromatic heterocycles. The van der Waals surface area contributed by atoms with Crippen molar-refractivity contribution in [2.45, 2.75) is 38.5 Å². The van der Waals surface area contributed by atoms with Crippen LogP contribution in [0.3, 0.4) is 0 Å². The molecule has 4 aromatic carbocycles. The van der Waals surface area contributed by atoms with Crippen LogP contribution in [0.2, 0.25) is 0 Å². The SMILES string of the molecule is CCC(C)(Pc1ccccc1C=NC)c1cccc(Cc2ccccc2)c1OCc1ccccc1. The van der Waals surface area contributed by atoms with E-state index >= 15 is 0 Å². The third-order valence-corrected chi connectivity index (χ3v) is 8.40. The van der Waals surface area contributed by atoms with Gasteiger partial charge in [0, 0.05) is 30.4 Å². The third kappa shape index (κ3) is 6.27. The number of rotatable bonds is 10. The van der Waals surface area contributed by atoms with Crippen LogP contribution in [0.5, 0.6) is 5.75 Å². The van der Waals surface area contributed by atoms with Crippen LogP contribution in [0.25, 0.3) is 0 Å². The Kier molecular flexibility index (Phi) is 8.50. The van der Waals surface area contributed by atoms with E-state index in [1.165, 1.54) is 33.1 Å². The first kappa shape index (κ1) is 24.9. The number of hydrogen-bond acceptors (Lipinski definition) is 2. The maximum absolute atomic E-state index is 6.67. The van der Waals surface area contributed by atoms with Crippen molar-refractivity contribution in [1.82, 2.24) is 0 Å². The minimum atomic E-state index is -0.0591. The van der Waals surface area contributed by atoms with Gasteiger partial charge in [0.15, 0.2) is 0 Å². The molecule has 4 aromatic rings. The summed E-state index contributed by atoms with van der Waals surface area (Å²) in [5.41, 5.74) is 6.18. The third-order valence-electron chi connectivity index (χ3n) is 6.50. The Hall–Kier alpha value is -3.22. The molecule has 0 bridgehead atoms. The van der Waals surface area contributed by atoms with Crippen molar-refractivity contribution >= 4 is 20.1 Å². The first-order valence-corrected chi connectivity index (χ1v) is 13.3. The zero-order valence-corrected chi connectivity index (χ0v) is 21.9. The van der Waals surface area contributed by atoms with Crippen LogP contribution in [0.1, 0.15) is 48.1 Å². The lowest BCUT2D eigenvalue weighted by Gasteiger charge is -2.32. The average molecular weight is 480 g/mol. The van der Waals surface area contributed by atoms with Crippen molar-refractivity contribution in [3.63, 3.8) is 0 Å². The molecule has 0 fully saturated rings. The van der Waals surface area contributed by atoms with E-state index in [9.17, 15) is 0 Å². The predicted molar refractivity (Wildman–Crippen MR) is 152 cm³/mol. The Balaban J connectivity index is 1.75. The molecular formula is C32H34NOP. The zero-order valence-electron chi connectivity index (χ0n) is 20.9. The number of hydrogen-bond donors (Lipinski definition) is 0. The molecule has 0 radical (unpaired) electrons. The largest absolute Gasteiger partial charge is 0.488 e. The van der Waals surface area contributed by atoms with Crippen LogP contribution >= 0.6 is 8.58 Å². The lowest BCUT2D eigenvalue weighted by Crippen LogP contribution is -2.21. The van der Waals surface area contributed by atoms with Gasteiger partial charge in [-0.15, -0.1) is 0 Å². The lowest BCUT2D eigenvalue weighted by molar-refractivity contribution is 0.297. The van der Waals surface area contributed by atoms with Crippen LogP contribution in [0, 0.1) is 0 Å². The molecular weight excluding hydrogens is 445 g/mol. The maximum Gasteiger partial charge on any atom is 0.127 e. The topological polar surface area (TPSA) is 21.6 Å². The summed E-state index contributed by atoms with van der Waals surface area (Å²) in [5.74, 6) is 1.03. The highest BCUT2D eigenvalue weighted by molar-refractivity contribution is 7.48. The second kappa shape index (κ2) is 12.0. The van der Waals surface area contributed by atoms with Crippen LogP contribution < -0.4 is 10.0 Å². The molecule has 2 unspecified atom stereocenters. The summed E-state index contributed by atoms with van der Waals surface area (Å²) >= 11 is 0.